The van der Waals surface area contributed by atoms with Crippen LogP contribution in [0.3, 0.4) is 0 Å². The van der Waals surface area contributed by atoms with Crippen LogP contribution in [0.5, 0.6) is 11.5 Å². The van der Waals surface area contributed by atoms with E-state index >= 15 is 0 Å². The minimum absolute atomic E-state index is 0.281. The lowest BCUT2D eigenvalue weighted by molar-refractivity contribution is -0.119. The highest BCUT2D eigenvalue weighted by molar-refractivity contribution is 6.34. The van der Waals surface area contributed by atoms with E-state index in [1.54, 1.807) is 12.1 Å². The van der Waals surface area contributed by atoms with Gasteiger partial charge in [-0.1, -0.05) is 32.4 Å². The third-order valence-electron chi connectivity index (χ3n) is 3.11. The van der Waals surface area contributed by atoms with Crippen molar-refractivity contribution in [1.29, 1.82) is 0 Å². The largest absolute Gasteiger partial charge is 0.486 e. The SMILES string of the molecule is CC(C)(C)C(N)C(=O)Nc1cc2c(cc1Cl)OCCO2. The molecule has 1 heterocycles. The summed E-state index contributed by atoms with van der Waals surface area (Å²) in [5.41, 5.74) is 6.06. The fourth-order valence-electron chi connectivity index (χ4n) is 1.76. The van der Waals surface area contributed by atoms with E-state index in [4.69, 9.17) is 26.8 Å². The number of nitrogens with one attached hydrogen (secondary N) is 1. The predicted molar refractivity (Wildman–Crippen MR) is 78.5 cm³/mol. The molecule has 20 heavy (non-hydrogen) atoms. The van der Waals surface area contributed by atoms with Crippen molar-refractivity contribution in [3.63, 3.8) is 0 Å². The first-order valence-electron chi connectivity index (χ1n) is 6.44. The molecule has 0 aromatic heterocycles. The maximum atomic E-state index is 12.1. The average Bonchev–Trinajstić information content (AvgIpc) is 2.37. The van der Waals surface area contributed by atoms with Gasteiger partial charge in [-0.05, 0) is 5.41 Å². The number of carbonyl (C=O) groups is 1. The van der Waals surface area contributed by atoms with Gasteiger partial charge in [0.25, 0.3) is 0 Å². The summed E-state index contributed by atoms with van der Waals surface area (Å²) in [5, 5.41) is 3.13. The maximum Gasteiger partial charge on any atom is 0.241 e. The minimum Gasteiger partial charge on any atom is -0.486 e. The van der Waals surface area contributed by atoms with Crippen molar-refractivity contribution in [2.45, 2.75) is 26.8 Å². The average molecular weight is 299 g/mol. The van der Waals surface area contributed by atoms with Gasteiger partial charge in [-0.15, -0.1) is 0 Å². The second-order valence-corrected chi connectivity index (χ2v) is 6.22. The van der Waals surface area contributed by atoms with E-state index in [-0.39, 0.29) is 11.3 Å². The van der Waals surface area contributed by atoms with Gasteiger partial charge in [0.2, 0.25) is 5.91 Å². The number of hydrogen-bond donors (Lipinski definition) is 2. The molecule has 0 aliphatic carbocycles. The Morgan fingerprint density at radius 2 is 1.85 bits per heavy atom. The van der Waals surface area contributed by atoms with Crippen molar-refractivity contribution in [2.24, 2.45) is 11.1 Å². The van der Waals surface area contributed by atoms with Gasteiger partial charge in [-0.3, -0.25) is 4.79 Å². The number of anilines is 1. The fraction of sp³-hybridized carbons (Fsp3) is 0.500. The van der Waals surface area contributed by atoms with Gasteiger partial charge in [0, 0.05) is 12.1 Å². The van der Waals surface area contributed by atoms with E-state index in [0.717, 1.165) is 0 Å². The first-order chi connectivity index (χ1) is 9.29. The van der Waals surface area contributed by atoms with E-state index in [1.165, 1.54) is 0 Å². The Labute approximate surface area is 123 Å². The van der Waals surface area contributed by atoms with Crippen molar-refractivity contribution in [3.05, 3.63) is 17.2 Å². The fourth-order valence-corrected chi connectivity index (χ4v) is 1.96. The molecule has 0 radical (unpaired) electrons. The standard InChI is InChI=1S/C14H19ClN2O3/c1-14(2,3)12(16)13(18)17-9-7-11-10(6-8(9)15)19-4-5-20-11/h6-7,12H,4-5,16H2,1-3H3,(H,17,18). The van der Waals surface area contributed by atoms with Crippen LogP contribution in [0, 0.1) is 5.41 Å². The second-order valence-electron chi connectivity index (χ2n) is 5.81. The van der Waals surface area contributed by atoms with Gasteiger partial charge in [0.15, 0.2) is 11.5 Å². The lowest BCUT2D eigenvalue weighted by Crippen LogP contribution is -2.45. The molecule has 0 saturated heterocycles. The van der Waals surface area contributed by atoms with Crippen molar-refractivity contribution < 1.29 is 14.3 Å². The Kier molecular flexibility index (Phi) is 4.11. The van der Waals surface area contributed by atoms with Gasteiger partial charge in [0.1, 0.15) is 13.2 Å². The number of nitrogens with two attached hydrogens (primary N) is 1. The Balaban J connectivity index is 2.19. The highest BCUT2D eigenvalue weighted by Crippen LogP contribution is 2.38. The molecule has 1 aliphatic heterocycles. The zero-order chi connectivity index (χ0) is 14.9. The topological polar surface area (TPSA) is 73.6 Å². The number of amides is 1. The summed E-state index contributed by atoms with van der Waals surface area (Å²) >= 11 is 6.13. The molecule has 1 atom stereocenters. The summed E-state index contributed by atoms with van der Waals surface area (Å²) in [4.78, 5) is 12.1. The monoisotopic (exact) mass is 298 g/mol. The molecule has 1 unspecified atom stereocenters. The predicted octanol–water partition coefficient (Wildman–Crippen LogP) is 2.42. The first-order valence-corrected chi connectivity index (χ1v) is 6.82. The number of hydrogen-bond acceptors (Lipinski definition) is 4. The first kappa shape index (κ1) is 14.9. The maximum absolute atomic E-state index is 12.1. The Hall–Kier alpha value is -1.46. The molecule has 0 bridgehead atoms. The Morgan fingerprint density at radius 1 is 1.30 bits per heavy atom. The number of ether oxygens (including phenoxy) is 2. The van der Waals surface area contributed by atoms with Crippen LogP contribution in [0.4, 0.5) is 5.69 Å². The number of rotatable bonds is 2. The summed E-state index contributed by atoms with van der Waals surface area (Å²) in [7, 11) is 0. The number of benzene rings is 1. The second kappa shape index (κ2) is 5.50. The minimum atomic E-state index is -0.633. The van der Waals surface area contributed by atoms with E-state index in [2.05, 4.69) is 5.32 Å². The summed E-state index contributed by atoms with van der Waals surface area (Å²) in [5.74, 6) is 0.871. The van der Waals surface area contributed by atoms with Gasteiger partial charge < -0.3 is 20.5 Å². The molecule has 2 rings (SSSR count). The molecule has 3 N–H and O–H groups in total. The molecule has 0 saturated carbocycles. The Bertz CT molecular complexity index is 526. The van der Waals surface area contributed by atoms with Crippen LogP contribution in [0.25, 0.3) is 0 Å². The van der Waals surface area contributed by atoms with Crippen LogP contribution < -0.4 is 20.5 Å². The quantitative estimate of drug-likeness (QED) is 0.879. The number of fused-ring (bicyclic) bond motifs is 1. The molecule has 1 aromatic carbocycles. The Morgan fingerprint density at radius 3 is 2.40 bits per heavy atom. The summed E-state index contributed by atoms with van der Waals surface area (Å²) in [6.07, 6.45) is 0. The molecule has 0 fully saturated rings. The molecule has 110 valence electrons. The smallest absolute Gasteiger partial charge is 0.241 e. The lowest BCUT2D eigenvalue weighted by atomic mass is 9.87. The van der Waals surface area contributed by atoms with Gasteiger partial charge >= 0.3 is 0 Å². The molecule has 5 nitrogen and oxygen atoms in total. The van der Waals surface area contributed by atoms with Crippen LogP contribution in [0.2, 0.25) is 5.02 Å². The molecule has 6 heteroatoms. The van der Waals surface area contributed by atoms with Gasteiger partial charge in [-0.2, -0.15) is 0 Å². The van der Waals surface area contributed by atoms with Crippen LogP contribution >= 0.6 is 11.6 Å². The molecular weight excluding hydrogens is 280 g/mol. The summed E-state index contributed by atoms with van der Waals surface area (Å²) in [6, 6.07) is 2.66. The lowest BCUT2D eigenvalue weighted by Gasteiger charge is -2.26. The van der Waals surface area contributed by atoms with Crippen molar-refractivity contribution in [3.8, 4) is 11.5 Å². The van der Waals surface area contributed by atoms with Crippen molar-refractivity contribution in [2.75, 3.05) is 18.5 Å². The summed E-state index contributed by atoms with van der Waals surface area (Å²) in [6.45, 7) is 6.68. The van der Waals surface area contributed by atoms with E-state index in [9.17, 15) is 4.79 Å². The third-order valence-corrected chi connectivity index (χ3v) is 3.42. The normalized spacial score (nSPS) is 15.7. The number of halogens is 1. The van der Waals surface area contributed by atoms with E-state index in [1.807, 2.05) is 20.8 Å². The molecule has 1 amide bonds. The van der Waals surface area contributed by atoms with Crippen LogP contribution in [-0.4, -0.2) is 25.2 Å². The van der Waals surface area contributed by atoms with E-state index in [0.29, 0.717) is 35.4 Å². The third kappa shape index (κ3) is 3.16. The van der Waals surface area contributed by atoms with Crippen LogP contribution in [-0.2, 0) is 4.79 Å². The van der Waals surface area contributed by atoms with Gasteiger partial charge in [-0.25, -0.2) is 0 Å². The zero-order valence-electron chi connectivity index (χ0n) is 11.8. The van der Waals surface area contributed by atoms with Crippen LogP contribution in [0.1, 0.15) is 20.8 Å². The summed E-state index contributed by atoms with van der Waals surface area (Å²) < 4.78 is 10.9. The number of carbonyl (C=O) groups excluding carboxylic acids is 1. The molecule has 0 spiro atoms. The highest BCUT2D eigenvalue weighted by atomic mass is 35.5. The molecule has 1 aromatic rings. The zero-order valence-corrected chi connectivity index (χ0v) is 12.6. The van der Waals surface area contributed by atoms with Gasteiger partial charge in [0.05, 0.1) is 16.8 Å². The molecular formula is C14H19ClN2O3. The van der Waals surface area contributed by atoms with Crippen LogP contribution in [0.15, 0.2) is 12.1 Å². The highest BCUT2D eigenvalue weighted by Gasteiger charge is 2.28. The van der Waals surface area contributed by atoms with Crippen molar-refractivity contribution in [1.82, 2.24) is 0 Å². The molecule has 1 aliphatic rings. The van der Waals surface area contributed by atoms with E-state index < -0.39 is 6.04 Å². The van der Waals surface area contributed by atoms with Crippen molar-refractivity contribution >= 4 is 23.2 Å².